The van der Waals surface area contributed by atoms with Crippen LogP contribution in [0.2, 0.25) is 0 Å². The fraction of sp³-hybridized carbons (Fsp3) is 0.571. The first kappa shape index (κ1) is 24.3. The molecule has 2 heteroatoms. The summed E-state index contributed by atoms with van der Waals surface area (Å²) in [6.45, 7) is 3.11. The number of hydrogen-bond acceptors (Lipinski definition) is 2. The average Bonchev–Trinajstić information content (AvgIpc) is 2.78. The molecule has 2 aromatic rings. The summed E-state index contributed by atoms with van der Waals surface area (Å²) in [5.74, 6) is 0.961. The number of unbranched alkanes of at least 4 members (excludes halogenated alkanes) is 13. The summed E-state index contributed by atoms with van der Waals surface area (Å²) in [6.07, 6.45) is 19.4. The maximum absolute atomic E-state index is 5.89. The number of hydrogen-bond donors (Lipinski definition) is 1. The summed E-state index contributed by atoms with van der Waals surface area (Å²) in [5.41, 5.74) is 2.19. The molecule has 0 heterocycles. The van der Waals surface area contributed by atoms with Gasteiger partial charge < -0.3 is 10.1 Å². The Bertz CT molecular complexity index is 623. The molecule has 0 bridgehead atoms. The minimum atomic E-state index is 0.823. The van der Waals surface area contributed by atoms with Gasteiger partial charge in [0.1, 0.15) is 5.75 Å². The largest absolute Gasteiger partial charge is 0.494 e. The number of benzene rings is 2. The van der Waals surface area contributed by atoms with Crippen molar-refractivity contribution in [2.45, 2.75) is 96.8 Å². The summed E-state index contributed by atoms with van der Waals surface area (Å²) < 4.78 is 5.89. The van der Waals surface area contributed by atoms with Crippen molar-refractivity contribution in [3.8, 4) is 5.75 Å². The Balaban J connectivity index is 1.38. The highest BCUT2D eigenvalue weighted by Crippen LogP contribution is 2.20. The molecule has 0 atom stereocenters. The monoisotopic (exact) mass is 409 g/mol. The zero-order chi connectivity index (χ0) is 21.1. The smallest absolute Gasteiger partial charge is 0.119 e. The summed E-state index contributed by atoms with van der Waals surface area (Å²) in [5, 5.41) is 3.40. The predicted octanol–water partition coefficient (Wildman–Crippen LogP) is 9.29. The topological polar surface area (TPSA) is 21.3 Å². The molecule has 0 spiro atoms. The van der Waals surface area contributed by atoms with Crippen LogP contribution in [0.3, 0.4) is 0 Å². The van der Waals surface area contributed by atoms with E-state index in [1.807, 2.05) is 18.2 Å². The Morgan fingerprint density at radius 3 is 1.53 bits per heavy atom. The summed E-state index contributed by atoms with van der Waals surface area (Å²) in [7, 11) is 0. The molecule has 0 aliphatic carbocycles. The maximum atomic E-state index is 5.89. The first-order chi connectivity index (χ1) is 14.9. The van der Waals surface area contributed by atoms with Crippen LogP contribution in [0.5, 0.6) is 5.75 Å². The van der Waals surface area contributed by atoms with E-state index < -0.39 is 0 Å². The fourth-order valence-corrected chi connectivity index (χ4v) is 3.81. The Kier molecular flexibility index (Phi) is 13.6. The van der Waals surface area contributed by atoms with Crippen molar-refractivity contribution in [2.24, 2.45) is 0 Å². The SMILES string of the molecule is CCCCCCCCCCCCCCCCOc1ccc(Nc2ccccc2)cc1. The van der Waals surface area contributed by atoms with Gasteiger partial charge in [-0.25, -0.2) is 0 Å². The van der Waals surface area contributed by atoms with Crippen LogP contribution in [0.4, 0.5) is 11.4 Å². The molecule has 166 valence electrons. The van der Waals surface area contributed by atoms with Gasteiger partial charge >= 0.3 is 0 Å². The van der Waals surface area contributed by atoms with E-state index in [2.05, 4.69) is 48.6 Å². The maximum Gasteiger partial charge on any atom is 0.119 e. The molecule has 0 aromatic heterocycles. The lowest BCUT2D eigenvalue weighted by molar-refractivity contribution is 0.304. The van der Waals surface area contributed by atoms with E-state index in [1.165, 1.54) is 83.5 Å². The molecule has 0 aliphatic rings. The Morgan fingerprint density at radius 2 is 1.00 bits per heavy atom. The van der Waals surface area contributed by atoms with Crippen molar-refractivity contribution in [1.82, 2.24) is 0 Å². The van der Waals surface area contributed by atoms with Crippen molar-refractivity contribution < 1.29 is 4.74 Å². The first-order valence-corrected chi connectivity index (χ1v) is 12.4. The molecule has 0 aliphatic heterocycles. The normalized spacial score (nSPS) is 10.8. The van der Waals surface area contributed by atoms with E-state index in [0.717, 1.165) is 30.2 Å². The number of nitrogens with one attached hydrogen (secondary N) is 1. The van der Waals surface area contributed by atoms with Crippen LogP contribution < -0.4 is 10.1 Å². The van der Waals surface area contributed by atoms with Crippen LogP contribution in [-0.4, -0.2) is 6.61 Å². The van der Waals surface area contributed by atoms with Gasteiger partial charge in [-0.2, -0.15) is 0 Å². The van der Waals surface area contributed by atoms with Crippen LogP contribution in [-0.2, 0) is 0 Å². The molecule has 0 saturated heterocycles. The second-order valence-electron chi connectivity index (χ2n) is 8.46. The third-order valence-corrected chi connectivity index (χ3v) is 5.68. The van der Waals surface area contributed by atoms with Crippen LogP contribution in [0.15, 0.2) is 54.6 Å². The van der Waals surface area contributed by atoms with Crippen molar-refractivity contribution in [1.29, 1.82) is 0 Å². The van der Waals surface area contributed by atoms with E-state index in [9.17, 15) is 0 Å². The molecular formula is C28H43NO. The molecule has 2 rings (SSSR count). The molecule has 0 radical (unpaired) electrons. The summed E-state index contributed by atoms with van der Waals surface area (Å²) >= 11 is 0. The standard InChI is InChI=1S/C28H43NO/c1-2-3-4-5-6-7-8-9-10-11-12-13-14-18-25-30-28-23-21-27(22-24-28)29-26-19-16-15-17-20-26/h15-17,19-24,29H,2-14,18,25H2,1H3. The lowest BCUT2D eigenvalue weighted by Gasteiger charge is -2.09. The predicted molar refractivity (Wildman–Crippen MR) is 132 cm³/mol. The first-order valence-electron chi connectivity index (χ1n) is 12.4. The van der Waals surface area contributed by atoms with Gasteiger partial charge in [0.25, 0.3) is 0 Å². The van der Waals surface area contributed by atoms with Crippen LogP contribution in [0.25, 0.3) is 0 Å². The zero-order valence-electron chi connectivity index (χ0n) is 19.2. The number of ether oxygens (including phenoxy) is 1. The van der Waals surface area contributed by atoms with Crippen molar-refractivity contribution in [2.75, 3.05) is 11.9 Å². The minimum absolute atomic E-state index is 0.823. The van der Waals surface area contributed by atoms with Crippen LogP contribution >= 0.6 is 0 Å². The van der Waals surface area contributed by atoms with Crippen molar-refractivity contribution >= 4 is 11.4 Å². The molecule has 2 aromatic carbocycles. The quantitative estimate of drug-likeness (QED) is 0.248. The van der Waals surface area contributed by atoms with E-state index in [1.54, 1.807) is 0 Å². The lowest BCUT2D eigenvalue weighted by atomic mass is 10.0. The van der Waals surface area contributed by atoms with Gasteiger partial charge in [-0.05, 0) is 42.8 Å². The second-order valence-corrected chi connectivity index (χ2v) is 8.46. The average molecular weight is 410 g/mol. The highest BCUT2D eigenvalue weighted by Gasteiger charge is 1.98. The van der Waals surface area contributed by atoms with Crippen molar-refractivity contribution in [3.63, 3.8) is 0 Å². The third kappa shape index (κ3) is 11.9. The number of anilines is 2. The number of para-hydroxylation sites is 1. The van der Waals surface area contributed by atoms with Gasteiger partial charge in [-0.1, -0.05) is 109 Å². The fourth-order valence-electron chi connectivity index (χ4n) is 3.81. The Labute approximate surface area is 185 Å². The number of rotatable bonds is 18. The van der Waals surface area contributed by atoms with Gasteiger partial charge in [0, 0.05) is 11.4 Å². The molecule has 0 saturated carbocycles. The third-order valence-electron chi connectivity index (χ3n) is 5.68. The van der Waals surface area contributed by atoms with Crippen molar-refractivity contribution in [3.05, 3.63) is 54.6 Å². The molecule has 30 heavy (non-hydrogen) atoms. The minimum Gasteiger partial charge on any atom is -0.494 e. The lowest BCUT2D eigenvalue weighted by Crippen LogP contribution is -1.97. The Hall–Kier alpha value is -1.96. The summed E-state index contributed by atoms with van der Waals surface area (Å²) in [6, 6.07) is 18.5. The van der Waals surface area contributed by atoms with E-state index in [-0.39, 0.29) is 0 Å². The second kappa shape index (κ2) is 16.8. The van der Waals surface area contributed by atoms with Crippen LogP contribution in [0.1, 0.15) is 96.8 Å². The van der Waals surface area contributed by atoms with Gasteiger partial charge in [0.2, 0.25) is 0 Å². The van der Waals surface area contributed by atoms with E-state index in [4.69, 9.17) is 4.74 Å². The zero-order valence-corrected chi connectivity index (χ0v) is 19.2. The highest BCUT2D eigenvalue weighted by atomic mass is 16.5. The summed E-state index contributed by atoms with van der Waals surface area (Å²) in [4.78, 5) is 0. The Morgan fingerprint density at radius 1 is 0.533 bits per heavy atom. The van der Waals surface area contributed by atoms with Gasteiger partial charge in [0.15, 0.2) is 0 Å². The van der Waals surface area contributed by atoms with Gasteiger partial charge in [0.05, 0.1) is 6.61 Å². The molecule has 0 amide bonds. The van der Waals surface area contributed by atoms with E-state index in [0.29, 0.717) is 0 Å². The molecular weight excluding hydrogens is 366 g/mol. The van der Waals surface area contributed by atoms with Gasteiger partial charge in [-0.15, -0.1) is 0 Å². The van der Waals surface area contributed by atoms with E-state index >= 15 is 0 Å². The molecule has 1 N–H and O–H groups in total. The van der Waals surface area contributed by atoms with Gasteiger partial charge in [-0.3, -0.25) is 0 Å². The molecule has 2 nitrogen and oxygen atoms in total. The molecule has 0 unspecified atom stereocenters. The van der Waals surface area contributed by atoms with Crippen LogP contribution in [0, 0.1) is 0 Å². The highest BCUT2D eigenvalue weighted by molar-refractivity contribution is 5.59. The molecule has 0 fully saturated rings.